The van der Waals surface area contributed by atoms with Gasteiger partial charge in [-0.3, -0.25) is 0 Å². The van der Waals surface area contributed by atoms with Crippen LogP contribution in [0.25, 0.3) is 32.0 Å². The number of ether oxygens (including phenoxy) is 4. The molecule has 54 heavy (non-hydrogen) atoms. The predicted molar refractivity (Wildman–Crippen MR) is 199 cm³/mol. The van der Waals surface area contributed by atoms with Gasteiger partial charge in [-0.2, -0.15) is 26.3 Å². The summed E-state index contributed by atoms with van der Waals surface area (Å²) in [5, 5.41) is 0. The van der Waals surface area contributed by atoms with Crippen LogP contribution in [0.3, 0.4) is 0 Å². The van der Waals surface area contributed by atoms with Crippen LogP contribution < -0.4 is 14.2 Å². The largest absolute Gasteiger partial charge is 0.497 e. The molecule has 0 N–H and O–H groups in total. The minimum Gasteiger partial charge on any atom is -0.497 e. The van der Waals surface area contributed by atoms with Gasteiger partial charge in [0.15, 0.2) is 0 Å². The Kier molecular flexibility index (Phi) is 8.57. The van der Waals surface area contributed by atoms with Crippen LogP contribution in [0.4, 0.5) is 26.3 Å². The van der Waals surface area contributed by atoms with Crippen molar-refractivity contribution in [1.29, 1.82) is 0 Å². The summed E-state index contributed by atoms with van der Waals surface area (Å²) >= 11 is 2.25. The molecule has 0 aliphatic heterocycles. The van der Waals surface area contributed by atoms with Crippen LogP contribution in [0.5, 0.6) is 17.2 Å². The highest BCUT2D eigenvalue weighted by molar-refractivity contribution is 7.17. The molecule has 5 aromatic rings. The molecular weight excluding hydrogens is 747 g/mol. The Labute approximate surface area is 315 Å². The number of halogens is 6. The van der Waals surface area contributed by atoms with Gasteiger partial charge in [-0.1, -0.05) is 18.2 Å². The maximum absolute atomic E-state index is 16.6. The molecule has 2 aromatic heterocycles. The Balaban J connectivity index is 1.54. The Morgan fingerprint density at radius 2 is 1.00 bits per heavy atom. The molecule has 0 saturated heterocycles. The van der Waals surface area contributed by atoms with Crippen LogP contribution in [-0.2, 0) is 10.2 Å². The van der Waals surface area contributed by atoms with Gasteiger partial charge in [0.25, 0.3) is 0 Å². The molecule has 0 saturated carbocycles. The van der Waals surface area contributed by atoms with Crippen molar-refractivity contribution in [3.05, 3.63) is 135 Å². The Hall–Kier alpha value is -4.94. The Bertz CT molecular complexity index is 2220. The minimum absolute atomic E-state index is 0.241. The van der Waals surface area contributed by atoms with Gasteiger partial charge in [0, 0.05) is 47.7 Å². The molecule has 4 nitrogen and oxygen atoms in total. The third kappa shape index (κ3) is 5.02. The number of benzene rings is 3. The number of thiophene rings is 2. The van der Waals surface area contributed by atoms with E-state index in [1.807, 2.05) is 12.2 Å². The summed E-state index contributed by atoms with van der Waals surface area (Å²) in [5.74, 6) is -14.6. The van der Waals surface area contributed by atoms with E-state index in [4.69, 9.17) is 18.9 Å². The average Bonchev–Trinajstić information content (AvgIpc) is 3.83. The molecule has 2 heterocycles. The van der Waals surface area contributed by atoms with Gasteiger partial charge in [-0.25, -0.2) is 0 Å². The first-order valence-electron chi connectivity index (χ1n) is 16.9. The van der Waals surface area contributed by atoms with Crippen LogP contribution in [0.2, 0.25) is 0 Å². The van der Waals surface area contributed by atoms with Crippen molar-refractivity contribution in [2.45, 2.75) is 29.6 Å². The van der Waals surface area contributed by atoms with Crippen molar-refractivity contribution < 1.29 is 45.3 Å². The molecule has 0 radical (unpaired) electrons. The van der Waals surface area contributed by atoms with E-state index >= 15 is 26.3 Å². The second-order valence-electron chi connectivity index (χ2n) is 13.2. The SMILES string of the molecule is COC1=CCC(C2(c3ccc(OC)cc3)c3sc(-c4ccc(OC)cc4)cc3C3=C(c4cc(-c5ccc(OC)cc5)sc42)C(F)(F)C(F)(F)C3(F)F)C=C1. The fourth-order valence-electron chi connectivity index (χ4n) is 7.81. The van der Waals surface area contributed by atoms with Crippen molar-refractivity contribution in [3.63, 3.8) is 0 Å². The van der Waals surface area contributed by atoms with Gasteiger partial charge < -0.3 is 18.9 Å². The number of allylic oxidation sites excluding steroid dienone is 5. The smallest absolute Gasteiger partial charge is 0.380 e. The highest BCUT2D eigenvalue weighted by Gasteiger charge is 2.81. The lowest BCUT2D eigenvalue weighted by molar-refractivity contribution is -0.254. The number of methoxy groups -OCH3 is 4. The van der Waals surface area contributed by atoms with Gasteiger partial charge >= 0.3 is 17.8 Å². The lowest BCUT2D eigenvalue weighted by Crippen LogP contribution is -2.49. The minimum atomic E-state index is -5.72. The average molecular weight is 779 g/mol. The number of fused-ring (bicyclic) bond motifs is 4. The van der Waals surface area contributed by atoms with E-state index in [9.17, 15) is 0 Å². The molecule has 3 aliphatic rings. The third-order valence-electron chi connectivity index (χ3n) is 10.5. The van der Waals surface area contributed by atoms with E-state index in [0.29, 0.717) is 55.9 Å². The molecule has 0 fully saturated rings. The molecule has 1 atom stereocenters. The van der Waals surface area contributed by atoms with Crippen LogP contribution in [-0.4, -0.2) is 46.2 Å². The van der Waals surface area contributed by atoms with Crippen LogP contribution in [0, 0.1) is 5.92 Å². The highest BCUT2D eigenvalue weighted by Crippen LogP contribution is 2.71. The van der Waals surface area contributed by atoms with E-state index in [-0.39, 0.29) is 20.9 Å². The topological polar surface area (TPSA) is 36.9 Å². The first kappa shape index (κ1) is 36.1. The molecule has 3 aliphatic carbocycles. The van der Waals surface area contributed by atoms with E-state index in [1.165, 1.54) is 40.6 Å². The molecule has 8 rings (SSSR count). The molecule has 0 spiro atoms. The van der Waals surface area contributed by atoms with E-state index in [2.05, 4.69) is 0 Å². The molecule has 0 bridgehead atoms. The third-order valence-corrected chi connectivity index (χ3v) is 13.2. The first-order chi connectivity index (χ1) is 25.8. The van der Waals surface area contributed by atoms with Crippen LogP contribution in [0.15, 0.2) is 109 Å². The van der Waals surface area contributed by atoms with Crippen molar-refractivity contribution >= 4 is 33.8 Å². The summed E-state index contributed by atoms with van der Waals surface area (Å²) in [6.45, 7) is 0. The molecular formula is C42H32F6O4S2. The fraction of sp³-hybridized carbons (Fsp3) is 0.238. The van der Waals surface area contributed by atoms with E-state index in [0.717, 1.165) is 22.7 Å². The lowest BCUT2D eigenvalue weighted by atomic mass is 9.64. The highest BCUT2D eigenvalue weighted by atomic mass is 32.1. The number of alkyl halides is 6. The van der Waals surface area contributed by atoms with Gasteiger partial charge in [0.05, 0.1) is 33.9 Å². The number of hydrogen-bond acceptors (Lipinski definition) is 6. The second-order valence-corrected chi connectivity index (χ2v) is 15.3. The van der Waals surface area contributed by atoms with Crippen LogP contribution in [0.1, 0.15) is 32.9 Å². The zero-order valence-corrected chi connectivity index (χ0v) is 30.9. The Morgan fingerprint density at radius 1 is 0.574 bits per heavy atom. The summed E-state index contributed by atoms with van der Waals surface area (Å²) in [5.41, 5.74) is -3.14. The van der Waals surface area contributed by atoms with Crippen LogP contribution >= 0.6 is 22.7 Å². The normalized spacial score (nSPS) is 20.0. The van der Waals surface area contributed by atoms with Gasteiger partial charge in [0.1, 0.15) is 23.0 Å². The monoisotopic (exact) mass is 778 g/mol. The van der Waals surface area contributed by atoms with Crippen molar-refractivity contribution in [2.75, 3.05) is 28.4 Å². The van der Waals surface area contributed by atoms with E-state index < -0.39 is 40.2 Å². The molecule has 3 aromatic carbocycles. The van der Waals surface area contributed by atoms with Gasteiger partial charge in [0.2, 0.25) is 0 Å². The van der Waals surface area contributed by atoms with Crippen molar-refractivity contribution in [1.82, 2.24) is 0 Å². The van der Waals surface area contributed by atoms with Crippen molar-refractivity contribution in [2.24, 2.45) is 5.92 Å². The molecule has 278 valence electrons. The van der Waals surface area contributed by atoms with Crippen molar-refractivity contribution in [3.8, 4) is 38.1 Å². The zero-order chi connectivity index (χ0) is 38.2. The fourth-order valence-corrected chi connectivity index (χ4v) is 10.8. The van der Waals surface area contributed by atoms with E-state index in [1.54, 1.807) is 78.9 Å². The number of hydrogen-bond donors (Lipinski definition) is 0. The summed E-state index contributed by atoms with van der Waals surface area (Å²) < 4.78 is 119. The number of rotatable bonds is 8. The second kappa shape index (κ2) is 12.8. The summed E-state index contributed by atoms with van der Waals surface area (Å²) in [4.78, 5) is 1.35. The summed E-state index contributed by atoms with van der Waals surface area (Å²) in [7, 11) is 6.04. The van der Waals surface area contributed by atoms with Gasteiger partial charge in [-0.15, -0.1) is 22.7 Å². The Morgan fingerprint density at radius 3 is 1.37 bits per heavy atom. The first-order valence-corrected chi connectivity index (χ1v) is 18.5. The summed E-state index contributed by atoms with van der Waals surface area (Å²) in [6, 6.07) is 23.4. The van der Waals surface area contributed by atoms with Gasteiger partial charge in [-0.05, 0) is 108 Å². The predicted octanol–water partition coefficient (Wildman–Crippen LogP) is 11.8. The molecule has 12 heteroatoms. The molecule has 0 amide bonds. The zero-order valence-electron chi connectivity index (χ0n) is 29.3. The maximum Gasteiger partial charge on any atom is 0.380 e. The summed E-state index contributed by atoms with van der Waals surface area (Å²) in [6.07, 6.45) is 5.81. The standard InChI is InChI=1S/C42H32F6O4S2/c1-49-27-13-5-23(6-14-27)33-21-31-35-36(41(45,46)42(47,48)40(35,43)44)32-22-34(24-7-15-28(50-2)16-8-24)54-38(32)39(37(31)53-33,25-9-17-29(51-3)18-10-25)26-11-19-30(52-4)20-12-26/h5-11,13-22,26H,12H2,1-4H3. The molecule has 1 unspecified atom stereocenters. The maximum atomic E-state index is 16.6. The lowest BCUT2D eigenvalue weighted by Gasteiger charge is -2.41. The quantitative estimate of drug-likeness (QED) is 0.147.